The monoisotopic (exact) mass is 285 g/mol. The van der Waals surface area contributed by atoms with Crippen molar-refractivity contribution < 1.29 is 9.90 Å². The summed E-state index contributed by atoms with van der Waals surface area (Å²) in [6, 6.07) is -0.363. The highest BCUT2D eigenvalue weighted by Gasteiger charge is 2.15. The van der Waals surface area contributed by atoms with Gasteiger partial charge in [-0.1, -0.05) is 71.1 Å². The molecule has 0 heterocycles. The van der Waals surface area contributed by atoms with Gasteiger partial charge in [0.25, 0.3) is 0 Å². The lowest BCUT2D eigenvalue weighted by molar-refractivity contribution is -0.142. The number of nitrogens with zero attached hydrogens (tertiary/aromatic N) is 1. The van der Waals surface area contributed by atoms with E-state index in [9.17, 15) is 4.79 Å². The van der Waals surface area contributed by atoms with Crippen molar-refractivity contribution in [2.24, 2.45) is 0 Å². The van der Waals surface area contributed by atoms with Crippen LogP contribution >= 0.6 is 0 Å². The first-order valence-electron chi connectivity index (χ1n) is 8.52. The molecular formula is C17H35NO2. The molecule has 1 atom stereocenters. The quantitative estimate of drug-likeness (QED) is 0.470. The number of hydrogen-bond acceptors (Lipinski definition) is 2. The Balaban J connectivity index is 3.22. The molecule has 0 amide bonds. The molecule has 3 nitrogen and oxygen atoms in total. The third-order valence-electron chi connectivity index (χ3n) is 4.13. The third-order valence-corrected chi connectivity index (χ3v) is 4.13. The number of unbranched alkanes of at least 4 members (excludes halogenated alkanes) is 10. The Kier molecular flexibility index (Phi) is 13.0. The zero-order valence-corrected chi connectivity index (χ0v) is 13.9. The van der Waals surface area contributed by atoms with E-state index >= 15 is 0 Å². The van der Waals surface area contributed by atoms with Crippen LogP contribution in [0.2, 0.25) is 0 Å². The van der Waals surface area contributed by atoms with Crippen LogP contribution in [-0.2, 0) is 4.79 Å². The van der Waals surface area contributed by atoms with Gasteiger partial charge in [-0.05, 0) is 26.9 Å². The van der Waals surface area contributed by atoms with Gasteiger partial charge in [0.15, 0.2) is 0 Å². The topological polar surface area (TPSA) is 40.5 Å². The Morgan fingerprint density at radius 1 is 0.900 bits per heavy atom. The van der Waals surface area contributed by atoms with Gasteiger partial charge < -0.3 is 5.11 Å². The Morgan fingerprint density at radius 2 is 1.30 bits per heavy atom. The lowest BCUT2D eigenvalue weighted by atomic mass is 10.1. The standard InChI is InChI=1S/C17H35NO2/c1-4-5-6-7-8-9-10-11-12-13-14-15-18(3)16(2)17(19)20/h16H,4-15H2,1-3H3,(H,19,20). The zero-order valence-electron chi connectivity index (χ0n) is 13.9. The second-order valence-electron chi connectivity index (χ2n) is 6.03. The molecule has 0 aromatic rings. The van der Waals surface area contributed by atoms with E-state index in [1.165, 1.54) is 64.2 Å². The number of carboxylic acids is 1. The minimum Gasteiger partial charge on any atom is -0.480 e. The lowest BCUT2D eigenvalue weighted by Gasteiger charge is -2.20. The minimum absolute atomic E-state index is 0.363. The van der Waals surface area contributed by atoms with E-state index in [1.54, 1.807) is 6.92 Å². The molecule has 1 N–H and O–H groups in total. The van der Waals surface area contributed by atoms with Crippen LogP contribution < -0.4 is 0 Å². The summed E-state index contributed by atoms with van der Waals surface area (Å²) in [6.07, 6.45) is 14.7. The Bertz CT molecular complexity index is 231. The molecule has 0 saturated heterocycles. The number of carbonyl (C=O) groups is 1. The number of likely N-dealkylation sites (N-methyl/N-ethyl adjacent to an activating group) is 1. The summed E-state index contributed by atoms with van der Waals surface area (Å²) >= 11 is 0. The third kappa shape index (κ3) is 11.3. The van der Waals surface area contributed by atoms with Gasteiger partial charge in [0.1, 0.15) is 6.04 Å². The summed E-state index contributed by atoms with van der Waals surface area (Å²) in [5.41, 5.74) is 0. The summed E-state index contributed by atoms with van der Waals surface area (Å²) in [4.78, 5) is 12.7. The molecule has 0 rings (SSSR count). The van der Waals surface area contributed by atoms with Gasteiger partial charge >= 0.3 is 5.97 Å². The van der Waals surface area contributed by atoms with Gasteiger partial charge in [0.05, 0.1) is 0 Å². The van der Waals surface area contributed by atoms with Crippen LogP contribution in [0.3, 0.4) is 0 Å². The van der Waals surface area contributed by atoms with Crippen molar-refractivity contribution in [3.63, 3.8) is 0 Å². The van der Waals surface area contributed by atoms with E-state index in [1.807, 2.05) is 11.9 Å². The van der Waals surface area contributed by atoms with E-state index in [4.69, 9.17) is 5.11 Å². The molecule has 0 aliphatic carbocycles. The van der Waals surface area contributed by atoms with Gasteiger partial charge in [-0.25, -0.2) is 0 Å². The number of hydrogen-bond donors (Lipinski definition) is 1. The van der Waals surface area contributed by atoms with Crippen molar-refractivity contribution in [2.75, 3.05) is 13.6 Å². The van der Waals surface area contributed by atoms with Crippen LogP contribution in [0.5, 0.6) is 0 Å². The number of rotatable bonds is 14. The van der Waals surface area contributed by atoms with E-state index < -0.39 is 5.97 Å². The summed E-state index contributed by atoms with van der Waals surface area (Å²) in [5.74, 6) is -0.726. The van der Waals surface area contributed by atoms with Gasteiger partial charge in [-0.2, -0.15) is 0 Å². The maximum absolute atomic E-state index is 10.8. The van der Waals surface area contributed by atoms with E-state index in [0.29, 0.717) is 0 Å². The average Bonchev–Trinajstić information content (AvgIpc) is 2.43. The van der Waals surface area contributed by atoms with Crippen molar-refractivity contribution >= 4 is 5.97 Å². The van der Waals surface area contributed by atoms with Crippen LogP contribution in [0.1, 0.15) is 84.5 Å². The first-order valence-corrected chi connectivity index (χ1v) is 8.52. The largest absolute Gasteiger partial charge is 0.480 e. The maximum Gasteiger partial charge on any atom is 0.320 e. The molecular weight excluding hydrogens is 250 g/mol. The van der Waals surface area contributed by atoms with Gasteiger partial charge in [0.2, 0.25) is 0 Å². The fourth-order valence-corrected chi connectivity index (χ4v) is 2.41. The second-order valence-corrected chi connectivity index (χ2v) is 6.03. The SMILES string of the molecule is CCCCCCCCCCCCCN(C)C(C)C(=O)O. The number of aliphatic carboxylic acids is 1. The molecule has 0 aromatic carbocycles. The van der Waals surface area contributed by atoms with Crippen LogP contribution in [0.4, 0.5) is 0 Å². The Labute approximate surface area is 125 Å². The molecule has 0 saturated carbocycles. The predicted molar refractivity (Wildman–Crippen MR) is 86.2 cm³/mol. The molecule has 0 aliphatic heterocycles. The fraction of sp³-hybridized carbons (Fsp3) is 0.941. The van der Waals surface area contributed by atoms with Crippen molar-refractivity contribution in [3.05, 3.63) is 0 Å². The fourth-order valence-electron chi connectivity index (χ4n) is 2.41. The first kappa shape index (κ1) is 19.4. The molecule has 0 aliphatic rings. The molecule has 0 bridgehead atoms. The molecule has 0 radical (unpaired) electrons. The van der Waals surface area contributed by atoms with E-state index in [0.717, 1.165) is 13.0 Å². The van der Waals surface area contributed by atoms with Crippen molar-refractivity contribution in [1.82, 2.24) is 4.90 Å². The molecule has 20 heavy (non-hydrogen) atoms. The summed E-state index contributed by atoms with van der Waals surface area (Å²) in [6.45, 7) is 4.90. The van der Waals surface area contributed by atoms with E-state index in [-0.39, 0.29) is 6.04 Å². The van der Waals surface area contributed by atoms with Crippen LogP contribution in [-0.4, -0.2) is 35.6 Å². The predicted octanol–water partition coefficient (Wildman–Crippen LogP) is 4.70. The summed E-state index contributed by atoms with van der Waals surface area (Å²) in [7, 11) is 1.90. The van der Waals surface area contributed by atoms with E-state index in [2.05, 4.69) is 6.92 Å². The molecule has 0 fully saturated rings. The van der Waals surface area contributed by atoms with Crippen LogP contribution in [0, 0.1) is 0 Å². The van der Waals surface area contributed by atoms with Gasteiger partial charge in [-0.3, -0.25) is 9.69 Å². The summed E-state index contributed by atoms with van der Waals surface area (Å²) in [5, 5.41) is 8.89. The molecule has 120 valence electrons. The molecule has 1 unspecified atom stereocenters. The van der Waals surface area contributed by atoms with Crippen molar-refractivity contribution in [1.29, 1.82) is 0 Å². The smallest absolute Gasteiger partial charge is 0.320 e. The average molecular weight is 285 g/mol. The minimum atomic E-state index is -0.726. The van der Waals surface area contributed by atoms with Crippen LogP contribution in [0.15, 0.2) is 0 Å². The van der Waals surface area contributed by atoms with Gasteiger partial charge in [-0.15, -0.1) is 0 Å². The van der Waals surface area contributed by atoms with Crippen molar-refractivity contribution in [2.45, 2.75) is 90.5 Å². The highest BCUT2D eigenvalue weighted by molar-refractivity contribution is 5.72. The van der Waals surface area contributed by atoms with Gasteiger partial charge in [0, 0.05) is 0 Å². The molecule has 0 spiro atoms. The zero-order chi connectivity index (χ0) is 15.2. The Hall–Kier alpha value is -0.570. The first-order chi connectivity index (χ1) is 9.59. The number of carboxylic acid groups (broad SMARTS) is 1. The normalized spacial score (nSPS) is 12.8. The maximum atomic E-state index is 10.8. The highest BCUT2D eigenvalue weighted by Crippen LogP contribution is 2.11. The van der Waals surface area contributed by atoms with Crippen LogP contribution in [0.25, 0.3) is 0 Å². The molecule has 0 aromatic heterocycles. The lowest BCUT2D eigenvalue weighted by Crippen LogP contribution is -2.36. The summed E-state index contributed by atoms with van der Waals surface area (Å²) < 4.78 is 0. The Morgan fingerprint density at radius 3 is 1.70 bits per heavy atom. The highest BCUT2D eigenvalue weighted by atomic mass is 16.4. The molecule has 3 heteroatoms. The second kappa shape index (κ2) is 13.4. The van der Waals surface area contributed by atoms with Crippen molar-refractivity contribution in [3.8, 4) is 0 Å².